The quantitative estimate of drug-likeness (QED) is 0.848. The zero-order valence-corrected chi connectivity index (χ0v) is 12.7. The van der Waals surface area contributed by atoms with E-state index in [1.165, 1.54) is 11.1 Å². The second-order valence-corrected chi connectivity index (χ2v) is 5.48. The molecular formula is C16H20N2OS. The number of nitrogens with one attached hydrogen (secondary N) is 2. The average molecular weight is 288 g/mol. The van der Waals surface area contributed by atoms with E-state index in [0.717, 1.165) is 18.7 Å². The second kappa shape index (κ2) is 7.10. The van der Waals surface area contributed by atoms with Gasteiger partial charge in [0.2, 0.25) is 0 Å². The van der Waals surface area contributed by atoms with E-state index in [0.29, 0.717) is 12.1 Å². The summed E-state index contributed by atoms with van der Waals surface area (Å²) in [5.41, 5.74) is 4.01. The Hall–Kier alpha value is -1.81. The van der Waals surface area contributed by atoms with E-state index in [4.69, 9.17) is 0 Å². The fraction of sp³-hybridized carbons (Fsp3) is 0.312. The van der Waals surface area contributed by atoms with Crippen molar-refractivity contribution >= 4 is 22.9 Å². The highest BCUT2D eigenvalue weighted by Crippen LogP contribution is 2.16. The van der Waals surface area contributed by atoms with Crippen LogP contribution in [0.4, 0.5) is 5.69 Å². The Bertz CT molecular complexity index is 577. The van der Waals surface area contributed by atoms with Crippen LogP contribution in [0.3, 0.4) is 0 Å². The van der Waals surface area contributed by atoms with Crippen molar-refractivity contribution in [2.45, 2.75) is 26.8 Å². The predicted molar refractivity (Wildman–Crippen MR) is 85.4 cm³/mol. The SMILES string of the molecule is CCCNc1ccccc1C(=O)NCc1cscc1C. The normalized spacial score (nSPS) is 10.3. The Morgan fingerprint density at radius 2 is 2.05 bits per heavy atom. The minimum Gasteiger partial charge on any atom is -0.384 e. The number of rotatable bonds is 6. The molecule has 0 atom stereocenters. The number of carbonyl (C=O) groups is 1. The molecule has 1 aromatic heterocycles. The van der Waals surface area contributed by atoms with Crippen LogP contribution in [-0.2, 0) is 6.54 Å². The van der Waals surface area contributed by atoms with E-state index in [-0.39, 0.29) is 5.91 Å². The summed E-state index contributed by atoms with van der Waals surface area (Å²) in [6.45, 7) is 5.62. The van der Waals surface area contributed by atoms with E-state index in [1.807, 2.05) is 24.3 Å². The molecule has 1 amide bonds. The highest BCUT2D eigenvalue weighted by molar-refractivity contribution is 7.08. The van der Waals surface area contributed by atoms with Gasteiger partial charge in [0, 0.05) is 18.8 Å². The molecule has 3 nitrogen and oxygen atoms in total. The number of anilines is 1. The van der Waals surface area contributed by atoms with Crippen molar-refractivity contribution in [3.8, 4) is 0 Å². The molecule has 2 rings (SSSR count). The molecule has 4 heteroatoms. The van der Waals surface area contributed by atoms with Crippen molar-refractivity contribution in [1.82, 2.24) is 5.32 Å². The molecule has 0 radical (unpaired) electrons. The van der Waals surface area contributed by atoms with Gasteiger partial charge < -0.3 is 10.6 Å². The lowest BCUT2D eigenvalue weighted by Crippen LogP contribution is -2.24. The Kier molecular flexibility index (Phi) is 5.18. The number of thiophene rings is 1. The molecule has 20 heavy (non-hydrogen) atoms. The van der Waals surface area contributed by atoms with Gasteiger partial charge in [0.1, 0.15) is 0 Å². The fourth-order valence-electron chi connectivity index (χ4n) is 1.93. The highest BCUT2D eigenvalue weighted by Gasteiger charge is 2.10. The summed E-state index contributed by atoms with van der Waals surface area (Å²) in [5, 5.41) is 10.5. The molecular weight excluding hydrogens is 268 g/mol. The van der Waals surface area contributed by atoms with Gasteiger partial charge in [-0.2, -0.15) is 11.3 Å². The van der Waals surface area contributed by atoms with E-state index < -0.39 is 0 Å². The van der Waals surface area contributed by atoms with Gasteiger partial charge in [-0.25, -0.2) is 0 Å². The van der Waals surface area contributed by atoms with Gasteiger partial charge in [0.05, 0.1) is 5.56 Å². The number of hydrogen-bond donors (Lipinski definition) is 2. The summed E-state index contributed by atoms with van der Waals surface area (Å²) in [6, 6.07) is 7.63. The zero-order valence-electron chi connectivity index (χ0n) is 11.9. The third kappa shape index (κ3) is 3.61. The summed E-state index contributed by atoms with van der Waals surface area (Å²) in [7, 11) is 0. The van der Waals surface area contributed by atoms with Crippen molar-refractivity contribution in [2.24, 2.45) is 0 Å². The molecule has 0 unspecified atom stereocenters. The van der Waals surface area contributed by atoms with Crippen molar-refractivity contribution in [1.29, 1.82) is 0 Å². The van der Waals surface area contributed by atoms with Crippen LogP contribution in [0.5, 0.6) is 0 Å². The smallest absolute Gasteiger partial charge is 0.253 e. The number of benzene rings is 1. The predicted octanol–water partition coefficient (Wildman–Crippen LogP) is 3.81. The Morgan fingerprint density at radius 1 is 1.25 bits per heavy atom. The van der Waals surface area contributed by atoms with E-state index in [2.05, 4.69) is 35.2 Å². The molecule has 0 saturated carbocycles. The van der Waals surface area contributed by atoms with Crippen LogP contribution in [0.25, 0.3) is 0 Å². The topological polar surface area (TPSA) is 41.1 Å². The molecule has 0 spiro atoms. The molecule has 0 aliphatic heterocycles. The van der Waals surface area contributed by atoms with Gasteiger partial charge in [-0.3, -0.25) is 4.79 Å². The largest absolute Gasteiger partial charge is 0.384 e. The molecule has 2 N–H and O–H groups in total. The molecule has 0 fully saturated rings. The molecule has 1 aromatic carbocycles. The van der Waals surface area contributed by atoms with Crippen molar-refractivity contribution in [3.05, 3.63) is 51.7 Å². The Balaban J connectivity index is 2.03. The van der Waals surface area contributed by atoms with Crippen LogP contribution in [0.2, 0.25) is 0 Å². The van der Waals surface area contributed by atoms with Crippen LogP contribution >= 0.6 is 11.3 Å². The van der Waals surface area contributed by atoms with Gasteiger partial charge in [-0.05, 0) is 47.4 Å². The molecule has 0 aliphatic carbocycles. The van der Waals surface area contributed by atoms with E-state index in [1.54, 1.807) is 11.3 Å². The van der Waals surface area contributed by atoms with Gasteiger partial charge in [0.15, 0.2) is 0 Å². The van der Waals surface area contributed by atoms with E-state index >= 15 is 0 Å². The first-order valence-electron chi connectivity index (χ1n) is 6.85. The van der Waals surface area contributed by atoms with Gasteiger partial charge >= 0.3 is 0 Å². The van der Waals surface area contributed by atoms with E-state index in [9.17, 15) is 4.79 Å². The summed E-state index contributed by atoms with van der Waals surface area (Å²) in [6.07, 6.45) is 1.03. The summed E-state index contributed by atoms with van der Waals surface area (Å²) in [4.78, 5) is 12.3. The Morgan fingerprint density at radius 3 is 2.75 bits per heavy atom. The van der Waals surface area contributed by atoms with Crippen molar-refractivity contribution < 1.29 is 4.79 Å². The molecule has 1 heterocycles. The maximum atomic E-state index is 12.3. The molecule has 106 valence electrons. The first kappa shape index (κ1) is 14.6. The maximum Gasteiger partial charge on any atom is 0.253 e. The van der Waals surface area contributed by atoms with Gasteiger partial charge in [-0.15, -0.1) is 0 Å². The molecule has 0 aliphatic rings. The van der Waals surface area contributed by atoms with Gasteiger partial charge in [-0.1, -0.05) is 19.1 Å². The van der Waals surface area contributed by atoms with Crippen molar-refractivity contribution in [3.63, 3.8) is 0 Å². The first-order chi connectivity index (χ1) is 9.72. The number of amides is 1. The third-order valence-electron chi connectivity index (χ3n) is 3.14. The lowest BCUT2D eigenvalue weighted by Gasteiger charge is -2.11. The van der Waals surface area contributed by atoms with Crippen LogP contribution in [0.15, 0.2) is 35.0 Å². The second-order valence-electron chi connectivity index (χ2n) is 4.74. The third-order valence-corrected chi connectivity index (χ3v) is 4.05. The average Bonchev–Trinajstić information content (AvgIpc) is 2.88. The van der Waals surface area contributed by atoms with Gasteiger partial charge in [0.25, 0.3) is 5.91 Å². The summed E-state index contributed by atoms with van der Waals surface area (Å²) < 4.78 is 0. The lowest BCUT2D eigenvalue weighted by atomic mass is 10.1. The summed E-state index contributed by atoms with van der Waals surface area (Å²) >= 11 is 1.66. The Labute approximate surface area is 124 Å². The monoisotopic (exact) mass is 288 g/mol. The number of para-hydroxylation sites is 1. The molecule has 0 bridgehead atoms. The fourth-order valence-corrected chi connectivity index (χ4v) is 2.79. The minimum absolute atomic E-state index is 0.0326. The highest BCUT2D eigenvalue weighted by atomic mass is 32.1. The lowest BCUT2D eigenvalue weighted by molar-refractivity contribution is 0.0951. The van der Waals surface area contributed by atoms with Crippen molar-refractivity contribution in [2.75, 3.05) is 11.9 Å². The maximum absolute atomic E-state index is 12.3. The first-order valence-corrected chi connectivity index (χ1v) is 7.79. The summed E-state index contributed by atoms with van der Waals surface area (Å²) in [5.74, 6) is -0.0326. The van der Waals surface area contributed by atoms with Crippen LogP contribution < -0.4 is 10.6 Å². The number of hydrogen-bond acceptors (Lipinski definition) is 3. The molecule has 2 aromatic rings. The standard InChI is InChI=1S/C16H20N2OS/c1-3-8-17-15-7-5-4-6-14(15)16(19)18-9-13-11-20-10-12(13)2/h4-7,10-11,17H,3,8-9H2,1-2H3,(H,18,19). The number of aryl methyl sites for hydroxylation is 1. The van der Waals surface area contributed by atoms with Crippen LogP contribution in [0.1, 0.15) is 34.8 Å². The van der Waals surface area contributed by atoms with Crippen LogP contribution in [0, 0.1) is 6.92 Å². The molecule has 0 saturated heterocycles. The minimum atomic E-state index is -0.0326. The van der Waals surface area contributed by atoms with Crippen LogP contribution in [-0.4, -0.2) is 12.5 Å². The number of carbonyl (C=O) groups excluding carboxylic acids is 1. The zero-order chi connectivity index (χ0) is 14.4.